The fourth-order valence-electron chi connectivity index (χ4n) is 1.90. The van der Waals surface area contributed by atoms with Gasteiger partial charge in [-0.05, 0) is 40.7 Å². The van der Waals surface area contributed by atoms with Crippen molar-refractivity contribution in [2.45, 2.75) is 40.2 Å². The summed E-state index contributed by atoms with van der Waals surface area (Å²) in [5.41, 5.74) is -0.595. The number of hydrogen-bond acceptors (Lipinski definition) is 3. The molecule has 1 amide bonds. The van der Waals surface area contributed by atoms with Crippen LogP contribution < -0.4 is 0 Å². The molecule has 0 saturated heterocycles. The van der Waals surface area contributed by atoms with E-state index in [9.17, 15) is 14.7 Å². The van der Waals surface area contributed by atoms with Crippen molar-refractivity contribution in [3.63, 3.8) is 0 Å². The third kappa shape index (κ3) is 2.56. The molecule has 0 atom stereocenters. The fourth-order valence-corrected chi connectivity index (χ4v) is 2.81. The van der Waals surface area contributed by atoms with E-state index in [1.807, 2.05) is 19.9 Å². The highest BCUT2D eigenvalue weighted by molar-refractivity contribution is 7.12. The highest BCUT2D eigenvalue weighted by atomic mass is 32.1. The molecule has 0 aliphatic carbocycles. The Morgan fingerprint density at radius 2 is 1.94 bits per heavy atom. The van der Waals surface area contributed by atoms with Gasteiger partial charge in [-0.3, -0.25) is 4.79 Å². The van der Waals surface area contributed by atoms with E-state index in [2.05, 4.69) is 0 Å². The van der Waals surface area contributed by atoms with E-state index in [4.69, 9.17) is 0 Å². The van der Waals surface area contributed by atoms with Crippen LogP contribution in [0.2, 0.25) is 0 Å². The van der Waals surface area contributed by atoms with Crippen LogP contribution in [0.25, 0.3) is 0 Å². The summed E-state index contributed by atoms with van der Waals surface area (Å²) in [6.07, 6.45) is 0. The first kappa shape index (κ1) is 14.7. The van der Waals surface area contributed by atoms with Gasteiger partial charge in [0, 0.05) is 16.3 Å². The number of aliphatic carboxylic acids is 1. The standard InChI is InChI=1S/C13H19NO3S/c1-6-14(13(4,5)12(16)17)11(15)10-7-8(2)18-9(10)3/h7H,6H2,1-5H3,(H,16,17). The van der Waals surface area contributed by atoms with Gasteiger partial charge in [0.15, 0.2) is 0 Å². The van der Waals surface area contributed by atoms with Gasteiger partial charge in [-0.2, -0.15) is 0 Å². The van der Waals surface area contributed by atoms with E-state index in [0.29, 0.717) is 12.1 Å². The van der Waals surface area contributed by atoms with Gasteiger partial charge in [-0.1, -0.05) is 0 Å². The molecule has 5 heteroatoms. The number of likely N-dealkylation sites (N-methyl/N-ethyl adjacent to an activating group) is 1. The van der Waals surface area contributed by atoms with Gasteiger partial charge in [0.2, 0.25) is 0 Å². The number of carbonyl (C=O) groups is 2. The maximum atomic E-state index is 12.4. The van der Waals surface area contributed by atoms with Crippen LogP contribution in [0.5, 0.6) is 0 Å². The molecule has 0 spiro atoms. The number of nitrogens with zero attached hydrogens (tertiary/aromatic N) is 1. The molecule has 0 saturated carbocycles. The second-order valence-electron chi connectivity index (χ2n) is 4.74. The zero-order valence-electron chi connectivity index (χ0n) is 11.4. The van der Waals surface area contributed by atoms with Crippen LogP contribution in [-0.4, -0.2) is 34.0 Å². The highest BCUT2D eigenvalue weighted by Crippen LogP contribution is 2.25. The molecule has 4 nitrogen and oxygen atoms in total. The van der Waals surface area contributed by atoms with Gasteiger partial charge < -0.3 is 10.0 Å². The van der Waals surface area contributed by atoms with E-state index in [0.717, 1.165) is 9.75 Å². The molecule has 1 rings (SSSR count). The molecule has 18 heavy (non-hydrogen) atoms. The molecule has 0 radical (unpaired) electrons. The summed E-state index contributed by atoms with van der Waals surface area (Å²) in [6.45, 7) is 9.07. The summed E-state index contributed by atoms with van der Waals surface area (Å²) < 4.78 is 0. The second-order valence-corrected chi connectivity index (χ2v) is 6.20. The first-order valence-electron chi connectivity index (χ1n) is 5.84. The van der Waals surface area contributed by atoms with Crippen molar-refractivity contribution in [3.05, 3.63) is 21.4 Å². The van der Waals surface area contributed by atoms with Crippen LogP contribution in [0.3, 0.4) is 0 Å². The molecule has 0 aromatic carbocycles. The Bertz CT molecular complexity index is 477. The van der Waals surface area contributed by atoms with Crippen LogP contribution in [0.4, 0.5) is 0 Å². The van der Waals surface area contributed by atoms with Crippen molar-refractivity contribution in [3.8, 4) is 0 Å². The van der Waals surface area contributed by atoms with Crippen molar-refractivity contribution in [2.75, 3.05) is 6.54 Å². The Morgan fingerprint density at radius 1 is 1.39 bits per heavy atom. The highest BCUT2D eigenvalue weighted by Gasteiger charge is 2.37. The maximum Gasteiger partial charge on any atom is 0.329 e. The van der Waals surface area contributed by atoms with Crippen molar-refractivity contribution in [1.29, 1.82) is 0 Å². The van der Waals surface area contributed by atoms with E-state index >= 15 is 0 Å². The van der Waals surface area contributed by atoms with Gasteiger partial charge >= 0.3 is 5.97 Å². The van der Waals surface area contributed by atoms with Crippen molar-refractivity contribution in [1.82, 2.24) is 4.90 Å². The van der Waals surface area contributed by atoms with Crippen LogP contribution in [0, 0.1) is 13.8 Å². The quantitative estimate of drug-likeness (QED) is 0.914. The minimum Gasteiger partial charge on any atom is -0.480 e. The van der Waals surface area contributed by atoms with E-state index in [1.54, 1.807) is 32.1 Å². The van der Waals surface area contributed by atoms with Gasteiger partial charge in [0.25, 0.3) is 5.91 Å². The van der Waals surface area contributed by atoms with E-state index in [-0.39, 0.29) is 5.91 Å². The van der Waals surface area contributed by atoms with Crippen LogP contribution in [0.15, 0.2) is 6.07 Å². The smallest absolute Gasteiger partial charge is 0.329 e. The van der Waals surface area contributed by atoms with E-state index < -0.39 is 11.5 Å². The van der Waals surface area contributed by atoms with Crippen molar-refractivity contribution < 1.29 is 14.7 Å². The molecule has 0 aliphatic heterocycles. The summed E-state index contributed by atoms with van der Waals surface area (Å²) in [7, 11) is 0. The van der Waals surface area contributed by atoms with Crippen LogP contribution in [0.1, 0.15) is 40.9 Å². The Labute approximate surface area is 111 Å². The number of thiophene rings is 1. The Morgan fingerprint density at radius 3 is 2.28 bits per heavy atom. The lowest BCUT2D eigenvalue weighted by atomic mass is 10.0. The summed E-state index contributed by atoms with van der Waals surface area (Å²) >= 11 is 1.55. The fraction of sp³-hybridized carbons (Fsp3) is 0.538. The number of rotatable bonds is 4. The summed E-state index contributed by atoms with van der Waals surface area (Å²) in [5.74, 6) is -1.21. The second kappa shape index (κ2) is 5.10. The Kier molecular flexibility index (Phi) is 4.16. The summed E-state index contributed by atoms with van der Waals surface area (Å²) in [5, 5.41) is 9.22. The minimum absolute atomic E-state index is 0.216. The molecule has 1 aromatic rings. The molecular formula is C13H19NO3S. The molecular weight excluding hydrogens is 250 g/mol. The minimum atomic E-state index is -1.20. The molecule has 1 aromatic heterocycles. The molecule has 100 valence electrons. The number of carboxylic acids is 1. The lowest BCUT2D eigenvalue weighted by molar-refractivity contribution is -0.147. The van der Waals surface area contributed by atoms with Crippen LogP contribution in [-0.2, 0) is 4.79 Å². The van der Waals surface area contributed by atoms with Gasteiger partial charge in [-0.15, -0.1) is 11.3 Å². The predicted octanol–water partition coefficient (Wildman–Crippen LogP) is 2.69. The third-order valence-electron chi connectivity index (χ3n) is 3.03. The van der Waals surface area contributed by atoms with Crippen molar-refractivity contribution >= 4 is 23.2 Å². The number of carboxylic acid groups (broad SMARTS) is 1. The maximum absolute atomic E-state index is 12.4. The lowest BCUT2D eigenvalue weighted by Crippen LogP contribution is -2.52. The first-order chi connectivity index (χ1) is 8.21. The zero-order valence-corrected chi connectivity index (χ0v) is 12.2. The number of carbonyl (C=O) groups excluding carboxylic acids is 1. The average Bonchev–Trinajstić information content (AvgIpc) is 2.58. The number of amides is 1. The molecule has 0 bridgehead atoms. The largest absolute Gasteiger partial charge is 0.480 e. The third-order valence-corrected chi connectivity index (χ3v) is 4.00. The zero-order chi connectivity index (χ0) is 14.1. The number of hydrogen-bond donors (Lipinski definition) is 1. The molecule has 1 heterocycles. The predicted molar refractivity (Wildman–Crippen MR) is 72.2 cm³/mol. The lowest BCUT2D eigenvalue weighted by Gasteiger charge is -2.34. The first-order valence-corrected chi connectivity index (χ1v) is 6.65. The summed E-state index contributed by atoms with van der Waals surface area (Å²) in [6, 6.07) is 1.82. The normalized spacial score (nSPS) is 11.4. The Hall–Kier alpha value is -1.36. The van der Waals surface area contributed by atoms with Gasteiger partial charge in [-0.25, -0.2) is 4.79 Å². The molecule has 0 unspecified atom stereocenters. The van der Waals surface area contributed by atoms with Crippen LogP contribution >= 0.6 is 11.3 Å². The Balaban J connectivity index is 3.15. The van der Waals surface area contributed by atoms with Gasteiger partial charge in [0.05, 0.1) is 5.56 Å². The summed E-state index contributed by atoms with van der Waals surface area (Å²) in [4.78, 5) is 27.1. The van der Waals surface area contributed by atoms with Crippen molar-refractivity contribution in [2.24, 2.45) is 0 Å². The molecule has 0 fully saturated rings. The monoisotopic (exact) mass is 269 g/mol. The molecule has 1 N–H and O–H groups in total. The molecule has 0 aliphatic rings. The van der Waals surface area contributed by atoms with Gasteiger partial charge in [0.1, 0.15) is 5.54 Å². The van der Waals surface area contributed by atoms with E-state index in [1.165, 1.54) is 4.90 Å². The average molecular weight is 269 g/mol. The SMILES string of the molecule is CCN(C(=O)c1cc(C)sc1C)C(C)(C)C(=O)O. The topological polar surface area (TPSA) is 57.6 Å². The number of aryl methyl sites for hydroxylation is 2.